The zero-order valence-electron chi connectivity index (χ0n) is 16.8. The van der Waals surface area contributed by atoms with Crippen LogP contribution in [0.2, 0.25) is 0 Å². The largest absolute Gasteiger partial charge is 0.346 e. The van der Waals surface area contributed by atoms with Crippen molar-refractivity contribution in [1.29, 1.82) is 0 Å². The molecule has 29 heavy (non-hydrogen) atoms. The molecule has 1 unspecified atom stereocenters. The number of benzene rings is 3. The van der Waals surface area contributed by atoms with Crippen LogP contribution in [0.5, 0.6) is 0 Å². The van der Waals surface area contributed by atoms with Crippen LogP contribution in [0.4, 0.5) is 0 Å². The van der Waals surface area contributed by atoms with Gasteiger partial charge in [-0.05, 0) is 42.2 Å². The van der Waals surface area contributed by atoms with Gasteiger partial charge in [0.1, 0.15) is 5.82 Å². The number of nitrogens with one attached hydrogen (secondary N) is 1. The number of hydrogen-bond acceptors (Lipinski definition) is 2. The van der Waals surface area contributed by atoms with Crippen molar-refractivity contribution in [1.82, 2.24) is 14.9 Å². The third-order valence-electron chi connectivity index (χ3n) is 5.25. The first-order valence-corrected chi connectivity index (χ1v) is 9.92. The quantitative estimate of drug-likeness (QED) is 0.519. The normalized spacial score (nSPS) is 12.1. The van der Waals surface area contributed by atoms with E-state index < -0.39 is 0 Å². The zero-order chi connectivity index (χ0) is 20.2. The molecule has 4 heteroatoms. The highest BCUT2D eigenvalue weighted by molar-refractivity contribution is 5.77. The molecule has 1 heterocycles. The van der Waals surface area contributed by atoms with Crippen LogP contribution >= 0.6 is 0 Å². The van der Waals surface area contributed by atoms with E-state index in [9.17, 15) is 4.79 Å². The van der Waals surface area contributed by atoms with Gasteiger partial charge in [-0.3, -0.25) is 4.79 Å². The Kier molecular flexibility index (Phi) is 5.43. The van der Waals surface area contributed by atoms with Crippen molar-refractivity contribution in [2.75, 3.05) is 0 Å². The molecular weight excluding hydrogens is 358 g/mol. The van der Waals surface area contributed by atoms with Gasteiger partial charge in [-0.1, -0.05) is 66.7 Å². The highest BCUT2D eigenvalue weighted by Crippen LogP contribution is 2.25. The predicted octanol–water partition coefficient (Wildman–Crippen LogP) is 4.81. The van der Waals surface area contributed by atoms with Gasteiger partial charge in [0.15, 0.2) is 0 Å². The van der Waals surface area contributed by atoms with Gasteiger partial charge < -0.3 is 9.88 Å². The summed E-state index contributed by atoms with van der Waals surface area (Å²) < 4.78 is 2.24. The van der Waals surface area contributed by atoms with Crippen molar-refractivity contribution in [3.8, 4) is 0 Å². The van der Waals surface area contributed by atoms with E-state index in [0.717, 1.165) is 16.9 Å². The number of fused-ring (bicyclic) bond motifs is 1. The second kappa shape index (κ2) is 8.31. The number of nitrogens with zero attached hydrogens (tertiary/aromatic N) is 2. The van der Waals surface area contributed by atoms with Crippen LogP contribution in [0.15, 0.2) is 78.9 Å². The van der Waals surface area contributed by atoms with Gasteiger partial charge in [0, 0.05) is 13.5 Å². The smallest absolute Gasteiger partial charge is 0.217 e. The highest BCUT2D eigenvalue weighted by Gasteiger charge is 2.22. The molecule has 146 valence electrons. The Labute approximate surface area is 171 Å². The first-order chi connectivity index (χ1) is 14.1. The van der Waals surface area contributed by atoms with Gasteiger partial charge in [-0.15, -0.1) is 0 Å². The molecule has 4 aromatic rings. The Morgan fingerprint density at radius 3 is 2.41 bits per heavy atom. The minimum Gasteiger partial charge on any atom is -0.346 e. The van der Waals surface area contributed by atoms with Crippen LogP contribution in [0.25, 0.3) is 11.0 Å². The molecule has 4 nitrogen and oxygen atoms in total. The summed E-state index contributed by atoms with van der Waals surface area (Å²) >= 11 is 0. The lowest BCUT2D eigenvalue weighted by atomic mass is 10.0. The number of aryl methyl sites for hydroxylation is 1. The second-order valence-electron chi connectivity index (χ2n) is 7.41. The molecule has 3 aromatic carbocycles. The molecular formula is C25H25N3O. The van der Waals surface area contributed by atoms with E-state index in [1.807, 2.05) is 36.4 Å². The van der Waals surface area contributed by atoms with Crippen molar-refractivity contribution in [3.05, 3.63) is 101 Å². The molecule has 1 amide bonds. The first kappa shape index (κ1) is 18.9. The van der Waals surface area contributed by atoms with Crippen LogP contribution in [0.3, 0.4) is 0 Å². The Balaban J connectivity index is 1.81. The molecule has 0 aliphatic carbocycles. The maximum atomic E-state index is 12.0. The first-order valence-electron chi connectivity index (χ1n) is 9.92. The average Bonchev–Trinajstić information content (AvgIpc) is 3.08. The number of hydrogen-bond donors (Lipinski definition) is 1. The lowest BCUT2D eigenvalue weighted by molar-refractivity contribution is -0.119. The van der Waals surface area contributed by atoms with Gasteiger partial charge in [0.05, 0.1) is 17.1 Å². The number of carbonyl (C=O) groups excluding carboxylic acids is 1. The zero-order valence-corrected chi connectivity index (χ0v) is 16.8. The van der Waals surface area contributed by atoms with E-state index in [4.69, 9.17) is 4.98 Å². The van der Waals surface area contributed by atoms with Crippen LogP contribution in [0, 0.1) is 6.92 Å². The predicted molar refractivity (Wildman–Crippen MR) is 117 cm³/mol. The standard InChI is InChI=1S/C25H25N3O/c1-18-10-6-7-13-21(18)17-28-24-15-9-8-14-22(24)27-25(28)23(26-19(2)29)16-20-11-4-3-5-12-20/h3-15,23H,16-17H2,1-2H3,(H,26,29). The molecule has 1 aromatic heterocycles. The number of rotatable bonds is 6. The third-order valence-corrected chi connectivity index (χ3v) is 5.25. The fraction of sp³-hybridized carbons (Fsp3) is 0.200. The fourth-order valence-corrected chi connectivity index (χ4v) is 3.79. The van der Waals surface area contributed by atoms with Crippen LogP contribution in [-0.2, 0) is 17.8 Å². The van der Waals surface area contributed by atoms with Crippen LogP contribution in [0.1, 0.15) is 35.5 Å². The van der Waals surface area contributed by atoms with E-state index in [1.54, 1.807) is 6.92 Å². The van der Waals surface area contributed by atoms with Crippen molar-refractivity contribution in [2.45, 2.75) is 32.9 Å². The summed E-state index contributed by atoms with van der Waals surface area (Å²) in [5, 5.41) is 3.12. The van der Waals surface area contributed by atoms with Crippen LogP contribution < -0.4 is 5.32 Å². The molecule has 4 rings (SSSR count). The summed E-state index contributed by atoms with van der Waals surface area (Å²) in [6.45, 7) is 4.41. The van der Waals surface area contributed by atoms with Gasteiger partial charge in [-0.25, -0.2) is 4.98 Å². The summed E-state index contributed by atoms with van der Waals surface area (Å²) in [5.74, 6) is 0.828. The van der Waals surface area contributed by atoms with Crippen LogP contribution in [-0.4, -0.2) is 15.5 Å². The minimum absolute atomic E-state index is 0.0552. The molecule has 0 saturated carbocycles. The minimum atomic E-state index is -0.202. The molecule has 1 N–H and O–H groups in total. The number of para-hydroxylation sites is 2. The van der Waals surface area contributed by atoms with Crippen molar-refractivity contribution >= 4 is 16.9 Å². The van der Waals surface area contributed by atoms with Gasteiger partial charge in [0.2, 0.25) is 5.91 Å². The molecule has 0 bridgehead atoms. The summed E-state index contributed by atoms with van der Waals surface area (Å²) in [7, 11) is 0. The lowest BCUT2D eigenvalue weighted by Gasteiger charge is -2.20. The molecule has 1 atom stereocenters. The molecule has 0 fully saturated rings. The number of imidazole rings is 1. The molecule has 0 spiro atoms. The SMILES string of the molecule is CC(=O)NC(Cc1ccccc1)c1nc2ccccc2n1Cc1ccccc1C. The van der Waals surface area contributed by atoms with E-state index in [2.05, 4.69) is 59.3 Å². The fourth-order valence-electron chi connectivity index (χ4n) is 3.79. The van der Waals surface area contributed by atoms with E-state index in [0.29, 0.717) is 13.0 Å². The van der Waals surface area contributed by atoms with Gasteiger partial charge in [-0.2, -0.15) is 0 Å². The Morgan fingerprint density at radius 1 is 0.966 bits per heavy atom. The Hall–Kier alpha value is -3.40. The van der Waals surface area contributed by atoms with Crippen molar-refractivity contribution < 1.29 is 4.79 Å². The topological polar surface area (TPSA) is 46.9 Å². The number of aromatic nitrogens is 2. The van der Waals surface area contributed by atoms with Gasteiger partial charge >= 0.3 is 0 Å². The maximum absolute atomic E-state index is 12.0. The summed E-state index contributed by atoms with van der Waals surface area (Å²) in [5.41, 5.74) is 5.68. The third kappa shape index (κ3) is 4.21. The number of amides is 1. The maximum Gasteiger partial charge on any atom is 0.217 e. The van der Waals surface area contributed by atoms with E-state index in [-0.39, 0.29) is 11.9 Å². The molecule has 0 aliphatic heterocycles. The average molecular weight is 383 g/mol. The second-order valence-corrected chi connectivity index (χ2v) is 7.41. The number of carbonyl (C=O) groups is 1. The molecule has 0 aliphatic rings. The molecule has 0 radical (unpaired) electrons. The monoisotopic (exact) mass is 383 g/mol. The Morgan fingerprint density at radius 2 is 1.66 bits per heavy atom. The summed E-state index contributed by atoms with van der Waals surface area (Å²) in [6.07, 6.45) is 0.692. The van der Waals surface area contributed by atoms with E-state index >= 15 is 0 Å². The van der Waals surface area contributed by atoms with Gasteiger partial charge in [0.25, 0.3) is 0 Å². The van der Waals surface area contributed by atoms with E-state index in [1.165, 1.54) is 16.7 Å². The van der Waals surface area contributed by atoms with Crippen molar-refractivity contribution in [2.24, 2.45) is 0 Å². The molecule has 0 saturated heterocycles. The summed E-state index contributed by atoms with van der Waals surface area (Å²) in [6, 6.07) is 26.6. The lowest BCUT2D eigenvalue weighted by Crippen LogP contribution is -2.30. The summed E-state index contributed by atoms with van der Waals surface area (Å²) in [4.78, 5) is 16.9. The van der Waals surface area contributed by atoms with Crippen molar-refractivity contribution in [3.63, 3.8) is 0 Å². The Bertz CT molecular complexity index is 1130. The highest BCUT2D eigenvalue weighted by atomic mass is 16.1.